The van der Waals surface area contributed by atoms with E-state index in [9.17, 15) is 14.0 Å². The van der Waals surface area contributed by atoms with Crippen LogP contribution in [0.1, 0.15) is 17.1 Å². The number of H-pyrrole nitrogens is 1. The number of hydrogen-bond acceptors (Lipinski definition) is 5. The van der Waals surface area contributed by atoms with Gasteiger partial charge < -0.3 is 14.8 Å². The molecule has 0 unspecified atom stereocenters. The summed E-state index contributed by atoms with van der Waals surface area (Å²) in [7, 11) is 0. The lowest BCUT2D eigenvalue weighted by atomic mass is 10.1. The van der Waals surface area contributed by atoms with Crippen LogP contribution in [0.25, 0.3) is 0 Å². The van der Waals surface area contributed by atoms with E-state index < -0.39 is 0 Å². The molecule has 0 atom stereocenters. The van der Waals surface area contributed by atoms with Crippen molar-refractivity contribution in [1.29, 1.82) is 0 Å². The second-order valence-corrected chi connectivity index (χ2v) is 7.36. The molecule has 1 saturated heterocycles. The molecule has 8 heteroatoms. The van der Waals surface area contributed by atoms with Crippen LogP contribution in [-0.4, -0.2) is 64.9 Å². The summed E-state index contributed by atoms with van der Waals surface area (Å²) in [5.41, 5.74) is 1.97. The number of aromatic nitrogens is 2. The third kappa shape index (κ3) is 3.77. The molecule has 2 aromatic rings. The van der Waals surface area contributed by atoms with Gasteiger partial charge in [-0.3, -0.25) is 14.5 Å². The van der Waals surface area contributed by atoms with Crippen molar-refractivity contribution in [2.45, 2.75) is 19.9 Å². The number of piperazine rings is 1. The zero-order valence-electron chi connectivity index (χ0n) is 15.9. The van der Waals surface area contributed by atoms with Gasteiger partial charge in [0.15, 0.2) is 0 Å². The van der Waals surface area contributed by atoms with E-state index in [0.717, 1.165) is 5.69 Å². The molecule has 4 rings (SSSR count). The van der Waals surface area contributed by atoms with Crippen LogP contribution in [0.2, 0.25) is 0 Å². The largest absolute Gasteiger partial charge is 0.366 e. The summed E-state index contributed by atoms with van der Waals surface area (Å²) in [6.45, 7) is 5.57. The molecular formula is C20H24FN5O2. The topological polar surface area (TPSA) is 72.5 Å². The lowest BCUT2D eigenvalue weighted by molar-refractivity contribution is -0.133. The van der Waals surface area contributed by atoms with Crippen LogP contribution in [0.5, 0.6) is 0 Å². The number of amides is 1. The van der Waals surface area contributed by atoms with Crippen LogP contribution < -0.4 is 10.5 Å². The lowest BCUT2D eigenvalue weighted by Gasteiger charge is -2.37. The predicted octanol–water partition coefficient (Wildman–Crippen LogP) is 0.924. The Labute approximate surface area is 162 Å². The average molecular weight is 385 g/mol. The number of para-hydroxylation sites is 1. The Kier molecular flexibility index (Phi) is 5.13. The highest BCUT2D eigenvalue weighted by Gasteiger charge is 2.26. The fourth-order valence-corrected chi connectivity index (χ4v) is 3.94. The molecule has 0 radical (unpaired) electrons. The minimum Gasteiger partial charge on any atom is -0.366 e. The zero-order valence-corrected chi connectivity index (χ0v) is 15.9. The summed E-state index contributed by atoms with van der Waals surface area (Å²) in [6, 6.07) is 6.73. The van der Waals surface area contributed by atoms with Crippen LogP contribution >= 0.6 is 0 Å². The Bertz CT molecular complexity index is 936. The van der Waals surface area contributed by atoms with Gasteiger partial charge in [-0.1, -0.05) is 12.1 Å². The maximum atomic E-state index is 14.0. The van der Waals surface area contributed by atoms with E-state index in [2.05, 4.69) is 9.97 Å². The van der Waals surface area contributed by atoms with Gasteiger partial charge in [0.25, 0.3) is 5.56 Å². The van der Waals surface area contributed by atoms with Crippen LogP contribution in [0, 0.1) is 12.7 Å². The first-order valence-corrected chi connectivity index (χ1v) is 9.59. The van der Waals surface area contributed by atoms with Crippen LogP contribution in [0.4, 0.5) is 10.1 Å². The highest BCUT2D eigenvalue weighted by atomic mass is 19.1. The summed E-state index contributed by atoms with van der Waals surface area (Å²) in [5.74, 6) is 0.442. The molecular weight excluding hydrogens is 361 g/mol. The fourth-order valence-electron chi connectivity index (χ4n) is 3.94. The predicted molar refractivity (Wildman–Crippen MR) is 104 cm³/mol. The number of anilines is 1. The fraction of sp³-hybridized carbons (Fsp3) is 0.450. The van der Waals surface area contributed by atoms with Gasteiger partial charge in [0.2, 0.25) is 5.91 Å². The summed E-state index contributed by atoms with van der Waals surface area (Å²) in [6.07, 6.45) is 0.675. The second kappa shape index (κ2) is 7.71. The Morgan fingerprint density at radius 2 is 1.93 bits per heavy atom. The van der Waals surface area contributed by atoms with E-state index in [1.807, 2.05) is 20.8 Å². The van der Waals surface area contributed by atoms with Gasteiger partial charge >= 0.3 is 0 Å². The molecule has 1 N–H and O–H groups in total. The minimum absolute atomic E-state index is 0.0492. The van der Waals surface area contributed by atoms with Crippen molar-refractivity contribution in [2.75, 3.05) is 44.2 Å². The molecule has 1 aromatic heterocycles. The minimum atomic E-state index is -0.233. The first-order chi connectivity index (χ1) is 13.5. The van der Waals surface area contributed by atoms with E-state index in [1.54, 1.807) is 19.1 Å². The Morgan fingerprint density at radius 3 is 2.68 bits per heavy atom. The summed E-state index contributed by atoms with van der Waals surface area (Å²) in [5, 5.41) is 0. The van der Waals surface area contributed by atoms with Crippen molar-refractivity contribution in [3.8, 4) is 0 Å². The maximum absolute atomic E-state index is 14.0. The molecule has 0 bridgehead atoms. The monoisotopic (exact) mass is 385 g/mol. The third-order valence-corrected chi connectivity index (χ3v) is 5.45. The quantitative estimate of drug-likeness (QED) is 0.851. The molecule has 28 heavy (non-hydrogen) atoms. The van der Waals surface area contributed by atoms with Gasteiger partial charge in [-0.05, 0) is 19.1 Å². The highest BCUT2D eigenvalue weighted by molar-refractivity contribution is 5.78. The molecule has 7 nitrogen and oxygen atoms in total. The number of halogens is 1. The Hall–Kier alpha value is -2.74. The second-order valence-electron chi connectivity index (χ2n) is 7.36. The molecule has 2 aliphatic rings. The molecule has 1 amide bonds. The first kappa shape index (κ1) is 18.6. The highest BCUT2D eigenvalue weighted by Crippen LogP contribution is 2.20. The standard InChI is InChI=1S/C20H24FN5O2/c1-14-22-17-6-7-24(12-15(17)20(28)23-14)13-19(27)26-10-8-25(9-11-26)18-5-3-2-4-16(18)21/h2-5H,6-13H2,1H3,(H,22,23,28). The van der Waals surface area contributed by atoms with Gasteiger partial charge in [-0.25, -0.2) is 9.37 Å². The molecule has 1 aromatic carbocycles. The summed E-state index contributed by atoms with van der Waals surface area (Å²) in [4.78, 5) is 37.8. The van der Waals surface area contributed by atoms with Gasteiger partial charge in [-0.2, -0.15) is 0 Å². The van der Waals surface area contributed by atoms with Crippen molar-refractivity contribution in [3.05, 3.63) is 57.5 Å². The molecule has 2 aliphatic heterocycles. The van der Waals surface area contributed by atoms with Crippen molar-refractivity contribution < 1.29 is 9.18 Å². The number of fused-ring (bicyclic) bond motifs is 1. The van der Waals surface area contributed by atoms with Crippen LogP contribution in [0.15, 0.2) is 29.1 Å². The Balaban J connectivity index is 1.34. The van der Waals surface area contributed by atoms with Crippen molar-refractivity contribution in [3.63, 3.8) is 0 Å². The molecule has 3 heterocycles. The van der Waals surface area contributed by atoms with Crippen molar-refractivity contribution >= 4 is 11.6 Å². The zero-order chi connectivity index (χ0) is 19.7. The van der Waals surface area contributed by atoms with Gasteiger partial charge in [-0.15, -0.1) is 0 Å². The van der Waals surface area contributed by atoms with Crippen LogP contribution in [0.3, 0.4) is 0 Å². The third-order valence-electron chi connectivity index (χ3n) is 5.45. The smallest absolute Gasteiger partial charge is 0.255 e. The van der Waals surface area contributed by atoms with Crippen LogP contribution in [-0.2, 0) is 17.8 Å². The van der Waals surface area contributed by atoms with Gasteiger partial charge in [0, 0.05) is 45.7 Å². The first-order valence-electron chi connectivity index (χ1n) is 9.59. The molecule has 1 fully saturated rings. The lowest BCUT2D eigenvalue weighted by Crippen LogP contribution is -2.52. The van der Waals surface area contributed by atoms with Crippen molar-refractivity contribution in [1.82, 2.24) is 19.8 Å². The van der Waals surface area contributed by atoms with E-state index in [-0.39, 0.29) is 23.8 Å². The number of hydrogen-bond donors (Lipinski definition) is 1. The molecule has 0 aliphatic carbocycles. The Morgan fingerprint density at radius 1 is 1.18 bits per heavy atom. The van der Waals surface area contributed by atoms with Gasteiger partial charge in [0.05, 0.1) is 23.5 Å². The number of carbonyl (C=O) groups excluding carboxylic acids is 1. The number of carbonyl (C=O) groups is 1. The normalized spacial score (nSPS) is 17.5. The number of nitrogens with one attached hydrogen (secondary N) is 1. The van der Waals surface area contributed by atoms with E-state index >= 15 is 0 Å². The number of aromatic amines is 1. The number of nitrogens with zero attached hydrogens (tertiary/aromatic N) is 4. The van der Waals surface area contributed by atoms with E-state index in [1.165, 1.54) is 6.07 Å². The average Bonchev–Trinajstić information content (AvgIpc) is 2.69. The van der Waals surface area contributed by atoms with E-state index in [0.29, 0.717) is 62.8 Å². The van der Waals surface area contributed by atoms with Crippen molar-refractivity contribution in [2.24, 2.45) is 0 Å². The van der Waals surface area contributed by atoms with Gasteiger partial charge in [0.1, 0.15) is 11.6 Å². The molecule has 0 saturated carbocycles. The number of aryl methyl sites for hydroxylation is 1. The number of rotatable bonds is 3. The molecule has 148 valence electrons. The number of benzene rings is 1. The summed E-state index contributed by atoms with van der Waals surface area (Å²) < 4.78 is 14.0. The summed E-state index contributed by atoms with van der Waals surface area (Å²) >= 11 is 0. The van der Waals surface area contributed by atoms with E-state index in [4.69, 9.17) is 0 Å². The molecule has 0 spiro atoms. The maximum Gasteiger partial charge on any atom is 0.255 e. The SMILES string of the molecule is Cc1nc2c(c(=O)[nH]1)CN(CC(=O)N1CCN(c3ccccc3F)CC1)CC2.